The minimum Gasteiger partial charge on any atom is -0.494 e. The van der Waals surface area contributed by atoms with E-state index in [0.29, 0.717) is 23.5 Å². The Labute approximate surface area is 184 Å². The molecule has 0 N–H and O–H groups in total. The fourth-order valence-electron chi connectivity index (χ4n) is 3.20. The highest BCUT2D eigenvalue weighted by Crippen LogP contribution is 2.23. The van der Waals surface area contributed by atoms with Crippen LogP contribution in [0.4, 0.5) is 0 Å². The molecule has 0 amide bonds. The van der Waals surface area contributed by atoms with Gasteiger partial charge in [-0.25, -0.2) is 4.79 Å². The highest BCUT2D eigenvalue weighted by atomic mass is 16.5. The monoisotopic (exact) mass is 413 g/mol. The van der Waals surface area contributed by atoms with Gasteiger partial charge in [-0.05, 0) is 66.1 Å². The number of ether oxygens (including phenoxy) is 2. The molecule has 0 atom stereocenters. The molecule has 0 bridgehead atoms. The van der Waals surface area contributed by atoms with Gasteiger partial charge in [0.2, 0.25) is 0 Å². The fourth-order valence-corrected chi connectivity index (χ4v) is 3.20. The molecule has 0 unspecified atom stereocenters. The molecule has 158 valence electrons. The molecule has 3 aromatic carbocycles. The molecule has 3 aromatic rings. The Kier molecular flexibility index (Phi) is 8.25. The Morgan fingerprint density at radius 2 is 1.35 bits per heavy atom. The third-order valence-corrected chi connectivity index (χ3v) is 5.02. The lowest BCUT2D eigenvalue weighted by atomic mass is 10.0. The normalized spacial score (nSPS) is 10.3. The lowest BCUT2D eigenvalue weighted by Gasteiger charge is -2.08. The van der Waals surface area contributed by atoms with E-state index in [0.717, 1.165) is 23.3 Å². The van der Waals surface area contributed by atoms with E-state index in [1.165, 1.54) is 25.7 Å². The summed E-state index contributed by atoms with van der Waals surface area (Å²) in [5.74, 6) is 0.839. The first-order valence-corrected chi connectivity index (χ1v) is 10.7. The number of unbranched alkanes of at least 4 members (excludes halogenated alkanes) is 4. The molecule has 0 heterocycles. The molecule has 0 spiro atoms. The Hall–Kier alpha value is -3.58. The molecule has 0 fully saturated rings. The van der Waals surface area contributed by atoms with Crippen molar-refractivity contribution >= 4 is 5.97 Å². The van der Waals surface area contributed by atoms with E-state index in [4.69, 9.17) is 14.7 Å². The number of esters is 1. The molecule has 4 heteroatoms. The minimum atomic E-state index is -0.405. The van der Waals surface area contributed by atoms with Crippen LogP contribution in [0, 0.1) is 11.3 Å². The van der Waals surface area contributed by atoms with Crippen LogP contribution in [-0.4, -0.2) is 12.6 Å². The maximum Gasteiger partial charge on any atom is 0.343 e. The van der Waals surface area contributed by atoms with Crippen LogP contribution in [-0.2, 0) is 0 Å². The Morgan fingerprint density at radius 1 is 0.774 bits per heavy atom. The van der Waals surface area contributed by atoms with E-state index in [-0.39, 0.29) is 0 Å². The van der Waals surface area contributed by atoms with Crippen molar-refractivity contribution in [1.82, 2.24) is 0 Å². The predicted octanol–water partition coefficient (Wildman–Crippen LogP) is 6.79. The zero-order chi connectivity index (χ0) is 21.9. The number of rotatable bonds is 10. The average Bonchev–Trinajstić information content (AvgIpc) is 2.82. The molecular weight excluding hydrogens is 386 g/mol. The molecular formula is C27H27NO3. The van der Waals surface area contributed by atoms with Crippen LogP contribution in [0.3, 0.4) is 0 Å². The summed E-state index contributed by atoms with van der Waals surface area (Å²) < 4.78 is 11.2. The van der Waals surface area contributed by atoms with Crippen LogP contribution in [0.1, 0.15) is 54.9 Å². The number of carbonyl (C=O) groups is 1. The Morgan fingerprint density at radius 3 is 1.97 bits per heavy atom. The lowest BCUT2D eigenvalue weighted by Crippen LogP contribution is -2.08. The number of hydrogen-bond donors (Lipinski definition) is 0. The molecule has 0 aromatic heterocycles. The van der Waals surface area contributed by atoms with Crippen LogP contribution in [0.5, 0.6) is 11.5 Å². The van der Waals surface area contributed by atoms with Gasteiger partial charge in [-0.1, -0.05) is 56.9 Å². The summed E-state index contributed by atoms with van der Waals surface area (Å²) in [4.78, 5) is 12.4. The SMILES string of the molecule is CCCCCCCOc1ccc(C(=O)Oc2ccc(-c3ccc(C#N)cc3)cc2)cc1. The first-order valence-electron chi connectivity index (χ1n) is 10.7. The third-order valence-electron chi connectivity index (χ3n) is 5.02. The van der Waals surface area contributed by atoms with Crippen molar-refractivity contribution in [3.8, 4) is 28.7 Å². The van der Waals surface area contributed by atoms with Gasteiger partial charge in [0.05, 0.1) is 23.8 Å². The quantitative estimate of drug-likeness (QED) is 0.208. The van der Waals surface area contributed by atoms with Crippen molar-refractivity contribution in [3.63, 3.8) is 0 Å². The van der Waals surface area contributed by atoms with Gasteiger partial charge in [-0.2, -0.15) is 5.26 Å². The summed E-state index contributed by atoms with van der Waals surface area (Å²) >= 11 is 0. The van der Waals surface area contributed by atoms with Crippen molar-refractivity contribution in [2.24, 2.45) is 0 Å². The second-order valence-electron chi connectivity index (χ2n) is 7.39. The van der Waals surface area contributed by atoms with E-state index in [2.05, 4.69) is 13.0 Å². The smallest absolute Gasteiger partial charge is 0.343 e. The number of benzene rings is 3. The number of nitrogens with zero attached hydrogens (tertiary/aromatic N) is 1. The maximum atomic E-state index is 12.4. The van der Waals surface area contributed by atoms with Crippen LogP contribution in [0.25, 0.3) is 11.1 Å². The molecule has 4 nitrogen and oxygen atoms in total. The molecule has 0 aliphatic rings. The number of hydrogen-bond acceptors (Lipinski definition) is 4. The van der Waals surface area contributed by atoms with Crippen LogP contribution in [0.15, 0.2) is 72.8 Å². The summed E-state index contributed by atoms with van der Waals surface area (Å²) in [6.45, 7) is 2.90. The van der Waals surface area contributed by atoms with Crippen LogP contribution >= 0.6 is 0 Å². The molecule has 0 aliphatic heterocycles. The summed E-state index contributed by atoms with van der Waals surface area (Å²) in [6, 6.07) is 23.8. The average molecular weight is 414 g/mol. The van der Waals surface area contributed by atoms with Crippen molar-refractivity contribution in [1.29, 1.82) is 5.26 Å². The first-order chi connectivity index (χ1) is 15.2. The van der Waals surface area contributed by atoms with Crippen molar-refractivity contribution in [2.45, 2.75) is 39.0 Å². The van der Waals surface area contributed by atoms with Gasteiger partial charge in [0.25, 0.3) is 0 Å². The number of carbonyl (C=O) groups excluding carboxylic acids is 1. The largest absolute Gasteiger partial charge is 0.494 e. The van der Waals surface area contributed by atoms with Gasteiger partial charge in [0.15, 0.2) is 0 Å². The van der Waals surface area contributed by atoms with Crippen molar-refractivity contribution < 1.29 is 14.3 Å². The van der Waals surface area contributed by atoms with Crippen LogP contribution in [0.2, 0.25) is 0 Å². The van der Waals surface area contributed by atoms with Crippen LogP contribution < -0.4 is 9.47 Å². The summed E-state index contributed by atoms with van der Waals surface area (Å²) in [5.41, 5.74) is 3.09. The van der Waals surface area contributed by atoms with Gasteiger partial charge in [-0.15, -0.1) is 0 Å². The van der Waals surface area contributed by atoms with E-state index < -0.39 is 5.97 Å². The Balaban J connectivity index is 1.51. The molecule has 3 rings (SSSR count). The topological polar surface area (TPSA) is 59.3 Å². The fraction of sp³-hybridized carbons (Fsp3) is 0.259. The van der Waals surface area contributed by atoms with Crippen molar-refractivity contribution in [2.75, 3.05) is 6.61 Å². The summed E-state index contributed by atoms with van der Waals surface area (Å²) in [6.07, 6.45) is 5.98. The molecule has 0 saturated heterocycles. The third kappa shape index (κ3) is 6.72. The van der Waals surface area contributed by atoms with Gasteiger partial charge >= 0.3 is 5.97 Å². The minimum absolute atomic E-state index is 0.405. The molecule has 0 saturated carbocycles. The highest BCUT2D eigenvalue weighted by Gasteiger charge is 2.09. The zero-order valence-electron chi connectivity index (χ0n) is 17.8. The number of nitriles is 1. The van der Waals surface area contributed by atoms with Gasteiger partial charge in [0, 0.05) is 0 Å². The molecule has 0 aliphatic carbocycles. The molecule has 0 radical (unpaired) electrons. The second kappa shape index (κ2) is 11.6. The second-order valence-corrected chi connectivity index (χ2v) is 7.39. The standard InChI is InChI=1S/C27H27NO3/c1-2-3-4-5-6-19-30-25-15-13-24(14-16-25)27(29)31-26-17-11-23(12-18-26)22-9-7-21(20-28)8-10-22/h7-18H,2-6,19H2,1H3. The molecule has 31 heavy (non-hydrogen) atoms. The zero-order valence-corrected chi connectivity index (χ0v) is 17.8. The van der Waals surface area contributed by atoms with Gasteiger partial charge in [-0.3, -0.25) is 0 Å². The Bertz CT molecular complexity index is 1000. The van der Waals surface area contributed by atoms with E-state index >= 15 is 0 Å². The van der Waals surface area contributed by atoms with Gasteiger partial charge < -0.3 is 9.47 Å². The first kappa shape index (κ1) is 22.1. The highest BCUT2D eigenvalue weighted by molar-refractivity contribution is 5.91. The summed E-state index contributed by atoms with van der Waals surface area (Å²) in [5, 5.41) is 8.90. The maximum absolute atomic E-state index is 12.4. The van der Waals surface area contributed by atoms with E-state index in [9.17, 15) is 4.79 Å². The predicted molar refractivity (Wildman–Crippen MR) is 122 cm³/mol. The van der Waals surface area contributed by atoms with Crippen molar-refractivity contribution in [3.05, 3.63) is 83.9 Å². The lowest BCUT2D eigenvalue weighted by molar-refractivity contribution is 0.0734. The van der Waals surface area contributed by atoms with E-state index in [1.807, 2.05) is 24.3 Å². The van der Waals surface area contributed by atoms with Gasteiger partial charge in [0.1, 0.15) is 11.5 Å². The van der Waals surface area contributed by atoms with E-state index in [1.54, 1.807) is 48.5 Å². The summed E-state index contributed by atoms with van der Waals surface area (Å²) in [7, 11) is 0.